The summed E-state index contributed by atoms with van der Waals surface area (Å²) < 4.78 is 1.73. The maximum absolute atomic E-state index is 13.2. The summed E-state index contributed by atoms with van der Waals surface area (Å²) in [6.07, 6.45) is 3.46. The summed E-state index contributed by atoms with van der Waals surface area (Å²) in [5.41, 5.74) is 2.61. The Morgan fingerprint density at radius 1 is 1.25 bits per heavy atom. The number of nitrogens with one attached hydrogen (secondary N) is 2. The Morgan fingerprint density at radius 2 is 1.96 bits per heavy atom. The molecule has 3 heterocycles. The zero-order valence-corrected chi connectivity index (χ0v) is 16.2. The normalized spacial score (nSPS) is 16.2. The molecule has 1 fully saturated rings. The van der Waals surface area contributed by atoms with Crippen molar-refractivity contribution in [3.8, 4) is 0 Å². The van der Waals surface area contributed by atoms with E-state index in [9.17, 15) is 9.59 Å². The second-order valence-electron chi connectivity index (χ2n) is 7.40. The molecule has 146 valence electrons. The highest BCUT2D eigenvalue weighted by molar-refractivity contribution is 5.99. The van der Waals surface area contributed by atoms with Gasteiger partial charge < -0.3 is 15.2 Å². The van der Waals surface area contributed by atoms with E-state index < -0.39 is 0 Å². The molecule has 2 aromatic heterocycles. The Kier molecular flexibility index (Phi) is 5.00. The molecule has 28 heavy (non-hydrogen) atoms. The number of rotatable bonds is 4. The highest BCUT2D eigenvalue weighted by Gasteiger charge is 2.25. The van der Waals surface area contributed by atoms with Gasteiger partial charge in [0.15, 0.2) is 0 Å². The fourth-order valence-corrected chi connectivity index (χ4v) is 3.90. The fraction of sp³-hybridized carbons (Fsp3) is 0.381. The van der Waals surface area contributed by atoms with E-state index in [1.165, 1.54) is 0 Å². The lowest BCUT2D eigenvalue weighted by Crippen LogP contribution is -2.30. The number of fused-ring (bicyclic) bond motifs is 1. The second-order valence-corrected chi connectivity index (χ2v) is 7.40. The van der Waals surface area contributed by atoms with Crippen molar-refractivity contribution < 1.29 is 4.79 Å². The number of amides is 1. The van der Waals surface area contributed by atoms with E-state index in [2.05, 4.69) is 15.4 Å². The number of piperidine rings is 1. The molecule has 1 unspecified atom stereocenters. The van der Waals surface area contributed by atoms with Crippen LogP contribution in [0.3, 0.4) is 0 Å². The topological polar surface area (TPSA) is 82.5 Å². The van der Waals surface area contributed by atoms with Gasteiger partial charge in [-0.05, 0) is 38.4 Å². The summed E-state index contributed by atoms with van der Waals surface area (Å²) in [5, 5.41) is 7.79. The largest absolute Gasteiger partial charge is 0.335 e. The van der Waals surface area contributed by atoms with E-state index in [1.807, 2.05) is 37.3 Å². The molecular weight excluding hydrogens is 354 g/mol. The molecule has 0 spiro atoms. The van der Waals surface area contributed by atoms with Crippen LogP contribution in [-0.4, -0.2) is 45.5 Å². The number of hydrogen-bond donors (Lipinski definition) is 2. The molecule has 0 radical (unpaired) electrons. The van der Waals surface area contributed by atoms with Gasteiger partial charge in [0.2, 0.25) is 0 Å². The average molecular weight is 379 g/mol. The SMILES string of the molecule is CC(c1ccccc1)N(C)C(=O)c1cnn2c(C3CCNCC3)cc(=O)[nH]c12. The summed E-state index contributed by atoms with van der Waals surface area (Å²) in [6.45, 7) is 3.83. The van der Waals surface area contributed by atoms with Crippen LogP contribution < -0.4 is 10.9 Å². The number of nitrogens with zero attached hydrogens (tertiary/aromatic N) is 3. The molecule has 3 aromatic rings. The van der Waals surface area contributed by atoms with Gasteiger partial charge in [0.05, 0.1) is 17.9 Å². The van der Waals surface area contributed by atoms with Crippen molar-refractivity contribution in [1.82, 2.24) is 24.8 Å². The van der Waals surface area contributed by atoms with Gasteiger partial charge in [-0.3, -0.25) is 9.59 Å². The van der Waals surface area contributed by atoms with Crippen molar-refractivity contribution in [1.29, 1.82) is 0 Å². The van der Waals surface area contributed by atoms with E-state index in [-0.39, 0.29) is 23.4 Å². The van der Waals surface area contributed by atoms with Crippen LogP contribution >= 0.6 is 0 Å². The summed E-state index contributed by atoms with van der Waals surface area (Å²) in [5.74, 6) is 0.0966. The first kappa shape index (κ1) is 18.4. The van der Waals surface area contributed by atoms with Crippen LogP contribution in [0.15, 0.2) is 47.4 Å². The van der Waals surface area contributed by atoms with Crippen LogP contribution in [0.4, 0.5) is 0 Å². The number of hydrogen-bond acceptors (Lipinski definition) is 4. The summed E-state index contributed by atoms with van der Waals surface area (Å²) in [7, 11) is 1.78. The third-order valence-electron chi connectivity index (χ3n) is 5.71. The van der Waals surface area contributed by atoms with Gasteiger partial charge in [-0.1, -0.05) is 30.3 Å². The highest BCUT2D eigenvalue weighted by Crippen LogP contribution is 2.26. The van der Waals surface area contributed by atoms with Crippen molar-refractivity contribution >= 4 is 11.6 Å². The lowest BCUT2D eigenvalue weighted by atomic mass is 9.94. The van der Waals surface area contributed by atoms with Gasteiger partial charge in [-0.2, -0.15) is 5.10 Å². The Morgan fingerprint density at radius 3 is 2.68 bits per heavy atom. The summed E-state index contributed by atoms with van der Waals surface area (Å²) in [6, 6.07) is 11.4. The molecule has 0 saturated carbocycles. The van der Waals surface area contributed by atoms with Crippen molar-refractivity contribution in [3.63, 3.8) is 0 Å². The molecule has 1 aromatic carbocycles. The molecule has 1 aliphatic rings. The standard InChI is InChI=1S/C21H25N5O2/c1-14(15-6-4-3-5-7-15)25(2)21(28)17-13-23-26-18(12-19(27)24-20(17)26)16-8-10-22-11-9-16/h3-7,12-14,16,22H,8-11H2,1-2H3,(H,24,27). The Labute approximate surface area is 163 Å². The number of benzene rings is 1. The van der Waals surface area contributed by atoms with Gasteiger partial charge in [-0.25, -0.2) is 4.52 Å². The predicted octanol–water partition coefficient (Wildman–Crippen LogP) is 2.32. The summed E-state index contributed by atoms with van der Waals surface area (Å²) >= 11 is 0. The average Bonchev–Trinajstić information content (AvgIpc) is 3.16. The monoisotopic (exact) mass is 379 g/mol. The zero-order valence-electron chi connectivity index (χ0n) is 16.2. The van der Waals surface area contributed by atoms with Gasteiger partial charge in [-0.15, -0.1) is 0 Å². The van der Waals surface area contributed by atoms with Crippen LogP contribution in [0.1, 0.15) is 53.3 Å². The molecule has 7 nitrogen and oxygen atoms in total. The lowest BCUT2D eigenvalue weighted by Gasteiger charge is -2.25. The number of carbonyl (C=O) groups excluding carboxylic acids is 1. The van der Waals surface area contributed by atoms with Crippen LogP contribution in [0.5, 0.6) is 0 Å². The molecule has 0 aliphatic carbocycles. The second kappa shape index (κ2) is 7.59. The lowest BCUT2D eigenvalue weighted by molar-refractivity contribution is 0.0744. The maximum atomic E-state index is 13.2. The number of aromatic amines is 1. The van der Waals surface area contributed by atoms with Gasteiger partial charge in [0.1, 0.15) is 11.2 Å². The molecule has 1 atom stereocenters. The van der Waals surface area contributed by atoms with E-state index in [1.54, 1.807) is 28.7 Å². The minimum absolute atomic E-state index is 0.0945. The van der Waals surface area contributed by atoms with E-state index in [4.69, 9.17) is 0 Å². The molecule has 1 aliphatic heterocycles. The first-order valence-corrected chi connectivity index (χ1v) is 9.70. The van der Waals surface area contributed by atoms with Gasteiger partial charge >= 0.3 is 0 Å². The van der Waals surface area contributed by atoms with Crippen LogP contribution in [0.2, 0.25) is 0 Å². The maximum Gasteiger partial charge on any atom is 0.259 e. The zero-order chi connectivity index (χ0) is 19.7. The number of carbonyl (C=O) groups is 1. The Balaban J connectivity index is 1.70. The Hall–Kier alpha value is -2.93. The molecule has 1 amide bonds. The molecular formula is C21H25N5O2. The molecule has 2 N–H and O–H groups in total. The molecule has 4 rings (SSSR count). The predicted molar refractivity (Wildman–Crippen MR) is 108 cm³/mol. The van der Waals surface area contributed by atoms with E-state index >= 15 is 0 Å². The Bertz CT molecular complexity index is 1030. The minimum atomic E-state index is -0.200. The summed E-state index contributed by atoms with van der Waals surface area (Å²) in [4.78, 5) is 30.0. The van der Waals surface area contributed by atoms with Gasteiger partial charge in [0.25, 0.3) is 11.5 Å². The molecule has 7 heteroatoms. The van der Waals surface area contributed by atoms with Gasteiger partial charge in [0, 0.05) is 19.0 Å². The first-order chi connectivity index (χ1) is 13.6. The fourth-order valence-electron chi connectivity index (χ4n) is 3.90. The van der Waals surface area contributed by atoms with Crippen molar-refractivity contribution in [2.24, 2.45) is 0 Å². The quantitative estimate of drug-likeness (QED) is 0.729. The van der Waals surface area contributed by atoms with Crippen molar-refractivity contribution in [3.05, 3.63) is 69.8 Å². The van der Waals surface area contributed by atoms with Crippen molar-refractivity contribution in [2.75, 3.05) is 20.1 Å². The van der Waals surface area contributed by atoms with Crippen molar-refractivity contribution in [2.45, 2.75) is 31.7 Å². The minimum Gasteiger partial charge on any atom is -0.335 e. The smallest absolute Gasteiger partial charge is 0.259 e. The third kappa shape index (κ3) is 3.33. The molecule has 1 saturated heterocycles. The van der Waals surface area contributed by atoms with Crippen LogP contribution in [-0.2, 0) is 0 Å². The van der Waals surface area contributed by atoms with Crippen LogP contribution in [0, 0.1) is 0 Å². The third-order valence-corrected chi connectivity index (χ3v) is 5.71. The van der Waals surface area contributed by atoms with E-state index in [0.717, 1.165) is 37.2 Å². The van der Waals surface area contributed by atoms with Crippen LogP contribution in [0.25, 0.3) is 5.65 Å². The number of aromatic nitrogens is 3. The number of H-pyrrole nitrogens is 1. The van der Waals surface area contributed by atoms with E-state index in [0.29, 0.717) is 11.2 Å². The highest BCUT2D eigenvalue weighted by atomic mass is 16.2. The first-order valence-electron chi connectivity index (χ1n) is 9.70. The molecule has 0 bridgehead atoms.